The molecule has 8 fully saturated rings. The van der Waals surface area contributed by atoms with Crippen LogP contribution in [0.5, 0.6) is 0 Å². The van der Waals surface area contributed by atoms with Crippen LogP contribution >= 0.6 is 95.6 Å². The molecule has 0 nitrogen and oxygen atoms in total. The molecule has 4 atom stereocenters. The average molecular weight is 1010 g/mol. The molecule has 0 saturated heterocycles. The summed E-state index contributed by atoms with van der Waals surface area (Å²) >= 11 is 24.0. The molecule has 248 valence electrons. The highest BCUT2D eigenvalue weighted by atomic mass is 79.9. The van der Waals surface area contributed by atoms with Gasteiger partial charge in [-0.1, -0.05) is 95.6 Å². The monoisotopic (exact) mass is 1010 g/mol. The van der Waals surface area contributed by atoms with Crippen molar-refractivity contribution in [3.8, 4) is 0 Å². The van der Waals surface area contributed by atoms with Gasteiger partial charge in [0.15, 0.2) is 0 Å². The Morgan fingerprint density at radius 1 is 0.404 bits per heavy atom. The standard InChI is InChI=1S/C41H42Br6/c1-22-31(42)5-28(6-32(22)43)37-11-25-4-26(12-37)16-40(15-25,19-37)41-17-27-13-38(20-41,29-7-33(44)23(2)34(45)8-29)18-39(14-27,21-41)30-9-35(46)24(3)36(47)10-30/h5-10,25-27H,4,11-21H2,1-3H3. The minimum Gasteiger partial charge on any atom is -0.0505 e. The number of halogens is 6. The minimum absolute atomic E-state index is 0.203. The molecule has 8 bridgehead atoms. The van der Waals surface area contributed by atoms with E-state index in [9.17, 15) is 0 Å². The summed E-state index contributed by atoms with van der Waals surface area (Å²) in [5.41, 5.74) is 10.2. The van der Waals surface area contributed by atoms with Gasteiger partial charge < -0.3 is 0 Å². The van der Waals surface area contributed by atoms with Gasteiger partial charge in [-0.05, 0) is 212 Å². The lowest BCUT2D eigenvalue weighted by Gasteiger charge is -2.76. The van der Waals surface area contributed by atoms with Gasteiger partial charge in [0.2, 0.25) is 0 Å². The van der Waals surface area contributed by atoms with Crippen molar-refractivity contribution in [1.29, 1.82) is 0 Å². The van der Waals surface area contributed by atoms with Crippen molar-refractivity contribution in [3.63, 3.8) is 0 Å². The largest absolute Gasteiger partial charge is 0.0505 e. The molecule has 3 aromatic carbocycles. The van der Waals surface area contributed by atoms with E-state index < -0.39 is 0 Å². The molecule has 0 spiro atoms. The van der Waals surface area contributed by atoms with Gasteiger partial charge in [0.25, 0.3) is 0 Å². The van der Waals surface area contributed by atoms with Crippen molar-refractivity contribution >= 4 is 95.6 Å². The Morgan fingerprint density at radius 2 is 0.723 bits per heavy atom. The van der Waals surface area contributed by atoms with Gasteiger partial charge in [0.05, 0.1) is 0 Å². The molecule has 0 aliphatic heterocycles. The van der Waals surface area contributed by atoms with Crippen LogP contribution in [0.25, 0.3) is 0 Å². The highest BCUT2D eigenvalue weighted by Crippen LogP contribution is 2.81. The molecular formula is C41H42Br6. The number of hydrogen-bond donors (Lipinski definition) is 0. The SMILES string of the molecule is Cc1c(Br)cc(C23CC4CC(C2)CC(C25CC6CC(c7cc(Br)c(C)c(Br)c7)(CC(c7cc(Br)c(C)c(Br)c7)(C6)C2)C5)(C4)C3)cc1Br. The smallest absolute Gasteiger partial charge is 0.0218 e. The normalized spacial score (nSPS) is 39.6. The lowest BCUT2D eigenvalue weighted by molar-refractivity contribution is -0.218. The Balaban J connectivity index is 1.24. The molecule has 3 aromatic rings. The fraction of sp³-hybridized carbons (Fsp3) is 0.561. The Hall–Kier alpha value is 0.540. The minimum atomic E-state index is 0.203. The van der Waals surface area contributed by atoms with Crippen molar-refractivity contribution in [2.45, 2.75) is 114 Å². The van der Waals surface area contributed by atoms with Crippen LogP contribution in [-0.4, -0.2) is 0 Å². The maximum absolute atomic E-state index is 4.01. The van der Waals surface area contributed by atoms with Gasteiger partial charge >= 0.3 is 0 Å². The summed E-state index contributed by atoms with van der Waals surface area (Å²) in [5, 5.41) is 0. The summed E-state index contributed by atoms with van der Waals surface area (Å²) in [4.78, 5) is 0. The highest BCUT2D eigenvalue weighted by Gasteiger charge is 2.73. The van der Waals surface area contributed by atoms with E-state index in [1.54, 1.807) is 16.7 Å². The van der Waals surface area contributed by atoms with E-state index in [0.717, 1.165) is 17.8 Å². The van der Waals surface area contributed by atoms with Gasteiger partial charge in [-0.3, -0.25) is 0 Å². The molecule has 0 amide bonds. The van der Waals surface area contributed by atoms with Crippen LogP contribution in [0.3, 0.4) is 0 Å². The Labute approximate surface area is 331 Å². The van der Waals surface area contributed by atoms with Crippen molar-refractivity contribution in [1.82, 2.24) is 0 Å². The molecule has 8 aliphatic carbocycles. The van der Waals surface area contributed by atoms with E-state index in [4.69, 9.17) is 0 Å². The van der Waals surface area contributed by atoms with E-state index in [2.05, 4.69) is 153 Å². The second-order valence-electron chi connectivity index (χ2n) is 17.6. The second-order valence-corrected chi connectivity index (χ2v) is 22.7. The van der Waals surface area contributed by atoms with E-state index >= 15 is 0 Å². The van der Waals surface area contributed by atoms with Crippen LogP contribution in [0.15, 0.2) is 63.2 Å². The molecule has 8 aliphatic rings. The van der Waals surface area contributed by atoms with Gasteiger partial charge in [-0.25, -0.2) is 0 Å². The zero-order valence-electron chi connectivity index (χ0n) is 27.4. The van der Waals surface area contributed by atoms with Crippen LogP contribution in [0.4, 0.5) is 0 Å². The van der Waals surface area contributed by atoms with E-state index in [-0.39, 0.29) is 10.8 Å². The highest BCUT2D eigenvalue weighted by molar-refractivity contribution is 9.11. The molecule has 0 heterocycles. The van der Waals surface area contributed by atoms with Gasteiger partial charge in [0, 0.05) is 26.8 Å². The zero-order chi connectivity index (χ0) is 32.9. The fourth-order valence-electron chi connectivity index (χ4n) is 13.7. The van der Waals surface area contributed by atoms with Gasteiger partial charge in [0.1, 0.15) is 0 Å². The van der Waals surface area contributed by atoms with Gasteiger partial charge in [-0.15, -0.1) is 0 Å². The zero-order valence-corrected chi connectivity index (χ0v) is 37.0. The average Bonchev–Trinajstić information content (AvgIpc) is 2.99. The fourth-order valence-corrected chi connectivity index (χ4v) is 17.3. The van der Waals surface area contributed by atoms with Crippen molar-refractivity contribution in [3.05, 3.63) is 96.6 Å². The van der Waals surface area contributed by atoms with E-state index in [0.29, 0.717) is 16.2 Å². The summed E-state index contributed by atoms with van der Waals surface area (Å²) in [6.07, 6.45) is 16.7. The summed E-state index contributed by atoms with van der Waals surface area (Å²) < 4.78 is 7.56. The Morgan fingerprint density at radius 3 is 1.13 bits per heavy atom. The van der Waals surface area contributed by atoms with E-state index in [1.807, 2.05) is 0 Å². The quantitative estimate of drug-likeness (QED) is 0.244. The maximum atomic E-state index is 4.01. The summed E-state index contributed by atoms with van der Waals surface area (Å²) in [6.45, 7) is 6.70. The predicted molar refractivity (Wildman–Crippen MR) is 216 cm³/mol. The Bertz CT molecular complexity index is 1700. The molecule has 8 saturated carbocycles. The van der Waals surface area contributed by atoms with Crippen LogP contribution in [0, 0.1) is 49.4 Å². The molecule has 4 unspecified atom stereocenters. The third-order valence-corrected chi connectivity index (χ3v) is 19.9. The molecule has 6 heteroatoms. The summed E-state index contributed by atoms with van der Waals surface area (Å²) in [6, 6.07) is 15.1. The number of benzene rings is 3. The first kappa shape index (κ1) is 33.4. The van der Waals surface area contributed by atoms with Crippen molar-refractivity contribution in [2.24, 2.45) is 28.6 Å². The lowest BCUT2D eigenvalue weighted by atomic mass is 9.28. The molecule has 11 rings (SSSR count). The lowest BCUT2D eigenvalue weighted by Crippen LogP contribution is -2.68. The molecule has 0 aromatic heterocycles. The van der Waals surface area contributed by atoms with Crippen molar-refractivity contribution < 1.29 is 0 Å². The first-order valence-corrected chi connectivity index (χ1v) is 22.3. The molecule has 47 heavy (non-hydrogen) atoms. The molecule has 0 N–H and O–H groups in total. The molecular weight excluding hydrogens is 972 g/mol. The van der Waals surface area contributed by atoms with Gasteiger partial charge in [-0.2, -0.15) is 0 Å². The van der Waals surface area contributed by atoms with Crippen LogP contribution in [0.1, 0.15) is 110 Å². The number of hydrogen-bond acceptors (Lipinski definition) is 0. The first-order chi connectivity index (χ1) is 22.2. The van der Waals surface area contributed by atoms with Crippen molar-refractivity contribution in [2.75, 3.05) is 0 Å². The second kappa shape index (κ2) is 11.0. The summed E-state index contributed by atoms with van der Waals surface area (Å²) in [7, 11) is 0. The van der Waals surface area contributed by atoms with Crippen LogP contribution in [0.2, 0.25) is 0 Å². The van der Waals surface area contributed by atoms with Crippen LogP contribution in [-0.2, 0) is 16.2 Å². The number of rotatable bonds is 4. The van der Waals surface area contributed by atoms with Crippen LogP contribution < -0.4 is 0 Å². The Kier molecular flexibility index (Phi) is 7.83. The van der Waals surface area contributed by atoms with E-state index in [1.165, 1.54) is 121 Å². The third-order valence-electron chi connectivity index (χ3n) is 14.9. The summed E-state index contributed by atoms with van der Waals surface area (Å²) in [5.74, 6) is 2.50. The maximum Gasteiger partial charge on any atom is 0.0218 e. The first-order valence-electron chi connectivity index (χ1n) is 17.6. The third kappa shape index (κ3) is 4.81. The predicted octanol–water partition coefficient (Wildman–Crippen LogP) is 14.9. The topological polar surface area (TPSA) is 0 Å². The molecule has 0 radical (unpaired) electrons.